The lowest BCUT2D eigenvalue weighted by Gasteiger charge is -2.35. The van der Waals surface area contributed by atoms with Gasteiger partial charge in [0.25, 0.3) is 0 Å². The maximum Gasteiger partial charge on any atom is 0.340 e. The Morgan fingerprint density at radius 3 is 2.50 bits per heavy atom. The summed E-state index contributed by atoms with van der Waals surface area (Å²) in [6, 6.07) is 17.7. The minimum Gasteiger partial charge on any atom is -0.462 e. The van der Waals surface area contributed by atoms with Crippen LogP contribution in [0.4, 0.5) is 0 Å². The van der Waals surface area contributed by atoms with Gasteiger partial charge in [-0.3, -0.25) is 4.79 Å². The number of carbonyl (C=O) groups excluding carboxylic acids is 2. The fraction of sp³-hybridized carbons (Fsp3) is 0.280. The molecule has 0 radical (unpaired) electrons. The predicted octanol–water partition coefficient (Wildman–Crippen LogP) is 4.24. The van der Waals surface area contributed by atoms with Gasteiger partial charge in [-0.05, 0) is 36.5 Å². The molecule has 1 aliphatic heterocycles. The lowest BCUT2D eigenvalue weighted by atomic mass is 9.72. The van der Waals surface area contributed by atoms with Gasteiger partial charge in [0.05, 0.1) is 12.5 Å². The van der Waals surface area contributed by atoms with Crippen LogP contribution in [0, 0.1) is 6.92 Å². The van der Waals surface area contributed by atoms with Crippen LogP contribution in [0.25, 0.3) is 0 Å². The molecule has 5 heteroatoms. The number of esters is 1. The van der Waals surface area contributed by atoms with Gasteiger partial charge >= 0.3 is 5.97 Å². The summed E-state index contributed by atoms with van der Waals surface area (Å²) < 4.78 is 11.2. The molecular weight excluding hydrogens is 378 g/mol. The van der Waals surface area contributed by atoms with E-state index < -0.39 is 11.9 Å². The standard InChI is InChI=1S/C25H25NO4/c1-3-29-25(28)23-21(18-12-8-7-9-15(18)2)22-19(27)13-17(14-20(22)30-24(23)26)16-10-5-4-6-11-16/h4-12,17,21H,3,13-14,26H2,1-2H3/t17-,21-/m1/s1. The fourth-order valence-corrected chi connectivity index (χ4v) is 4.40. The topological polar surface area (TPSA) is 78.6 Å². The summed E-state index contributed by atoms with van der Waals surface area (Å²) in [6.45, 7) is 3.91. The number of hydrogen-bond donors (Lipinski definition) is 1. The van der Waals surface area contributed by atoms with Crippen LogP contribution >= 0.6 is 0 Å². The van der Waals surface area contributed by atoms with Crippen LogP contribution in [-0.2, 0) is 19.1 Å². The van der Waals surface area contributed by atoms with Crippen LogP contribution in [0.3, 0.4) is 0 Å². The molecule has 1 aliphatic carbocycles. The molecular formula is C25H25NO4. The molecule has 0 aromatic heterocycles. The highest BCUT2D eigenvalue weighted by molar-refractivity contribution is 6.03. The zero-order valence-electron chi connectivity index (χ0n) is 17.2. The molecule has 2 N–H and O–H groups in total. The SMILES string of the molecule is CCOC(=O)C1=C(N)OC2=C(C(=O)C[C@@H](c3ccccc3)C2)[C@H]1c1ccccc1C. The molecule has 2 aliphatic rings. The zero-order chi connectivity index (χ0) is 21.3. The predicted molar refractivity (Wildman–Crippen MR) is 113 cm³/mol. The molecule has 0 saturated carbocycles. The van der Waals surface area contributed by atoms with Gasteiger partial charge in [0.2, 0.25) is 5.88 Å². The van der Waals surface area contributed by atoms with Crippen LogP contribution in [0.5, 0.6) is 0 Å². The first kappa shape index (κ1) is 20.0. The number of allylic oxidation sites excluding steroid dienone is 2. The summed E-state index contributed by atoms with van der Waals surface area (Å²) in [5, 5.41) is 0. The van der Waals surface area contributed by atoms with Crippen molar-refractivity contribution in [3.63, 3.8) is 0 Å². The van der Waals surface area contributed by atoms with Gasteiger partial charge in [-0.2, -0.15) is 0 Å². The van der Waals surface area contributed by atoms with Crippen molar-refractivity contribution in [2.24, 2.45) is 5.73 Å². The molecule has 5 nitrogen and oxygen atoms in total. The number of aryl methyl sites for hydroxylation is 1. The summed E-state index contributed by atoms with van der Waals surface area (Å²) in [5.74, 6) is -0.563. The second kappa shape index (κ2) is 8.19. The molecule has 2 atom stereocenters. The summed E-state index contributed by atoms with van der Waals surface area (Å²) in [4.78, 5) is 26.2. The third-order valence-electron chi connectivity index (χ3n) is 5.81. The van der Waals surface area contributed by atoms with E-state index in [0.29, 0.717) is 24.2 Å². The summed E-state index contributed by atoms with van der Waals surface area (Å²) in [7, 11) is 0. The van der Waals surface area contributed by atoms with E-state index in [4.69, 9.17) is 15.2 Å². The number of ketones is 1. The Morgan fingerprint density at radius 1 is 1.10 bits per heavy atom. The molecule has 0 spiro atoms. The Labute approximate surface area is 176 Å². The maximum absolute atomic E-state index is 13.4. The van der Waals surface area contributed by atoms with Crippen LogP contribution < -0.4 is 5.73 Å². The van der Waals surface area contributed by atoms with Crippen LogP contribution in [0.15, 0.2) is 77.4 Å². The number of Topliss-reactive ketones (excluding diaryl/α,β-unsaturated/α-hetero) is 1. The van der Waals surface area contributed by atoms with Gasteiger partial charge in [-0.15, -0.1) is 0 Å². The lowest BCUT2D eigenvalue weighted by Crippen LogP contribution is -2.33. The third kappa shape index (κ3) is 3.52. The molecule has 1 heterocycles. The average molecular weight is 403 g/mol. The highest BCUT2D eigenvalue weighted by atomic mass is 16.5. The molecule has 0 saturated heterocycles. The van der Waals surface area contributed by atoms with Crippen LogP contribution in [-0.4, -0.2) is 18.4 Å². The van der Waals surface area contributed by atoms with Crippen molar-refractivity contribution in [3.05, 3.63) is 94.1 Å². The van der Waals surface area contributed by atoms with Crippen LogP contribution in [0.1, 0.15) is 48.3 Å². The highest BCUT2D eigenvalue weighted by Crippen LogP contribution is 2.47. The summed E-state index contributed by atoms with van der Waals surface area (Å²) in [5.41, 5.74) is 9.89. The number of benzene rings is 2. The van der Waals surface area contributed by atoms with Crippen molar-refractivity contribution >= 4 is 11.8 Å². The molecule has 0 fully saturated rings. The second-order valence-electron chi connectivity index (χ2n) is 7.67. The van der Waals surface area contributed by atoms with Crippen LogP contribution in [0.2, 0.25) is 0 Å². The van der Waals surface area contributed by atoms with Crippen molar-refractivity contribution in [3.8, 4) is 0 Å². The Bertz CT molecular complexity index is 1050. The number of ether oxygens (including phenoxy) is 2. The van der Waals surface area contributed by atoms with Gasteiger partial charge in [-0.1, -0.05) is 54.6 Å². The number of carbonyl (C=O) groups is 2. The van der Waals surface area contributed by atoms with Gasteiger partial charge < -0.3 is 15.2 Å². The Balaban J connectivity index is 1.82. The smallest absolute Gasteiger partial charge is 0.340 e. The van der Waals surface area contributed by atoms with Crippen molar-refractivity contribution < 1.29 is 19.1 Å². The molecule has 2 aromatic carbocycles. The first-order valence-electron chi connectivity index (χ1n) is 10.2. The van der Waals surface area contributed by atoms with E-state index in [-0.39, 0.29) is 29.8 Å². The first-order chi connectivity index (χ1) is 14.5. The Hall–Kier alpha value is -3.34. The maximum atomic E-state index is 13.4. The van der Waals surface area contributed by atoms with E-state index >= 15 is 0 Å². The molecule has 0 bridgehead atoms. The summed E-state index contributed by atoms with van der Waals surface area (Å²) in [6.07, 6.45) is 0.925. The van der Waals surface area contributed by atoms with Crippen molar-refractivity contribution in [1.29, 1.82) is 0 Å². The number of nitrogens with two attached hydrogens (primary N) is 1. The van der Waals surface area contributed by atoms with Gasteiger partial charge in [0.1, 0.15) is 11.3 Å². The van der Waals surface area contributed by atoms with Crippen molar-refractivity contribution in [1.82, 2.24) is 0 Å². The molecule has 154 valence electrons. The number of rotatable bonds is 4. The number of hydrogen-bond acceptors (Lipinski definition) is 5. The third-order valence-corrected chi connectivity index (χ3v) is 5.81. The van der Waals surface area contributed by atoms with E-state index in [9.17, 15) is 9.59 Å². The van der Waals surface area contributed by atoms with E-state index in [0.717, 1.165) is 16.7 Å². The normalized spacial score (nSPS) is 21.2. The first-order valence-corrected chi connectivity index (χ1v) is 10.2. The van der Waals surface area contributed by atoms with Crippen molar-refractivity contribution in [2.45, 2.75) is 38.5 Å². The Morgan fingerprint density at radius 2 is 1.80 bits per heavy atom. The average Bonchev–Trinajstić information content (AvgIpc) is 2.74. The van der Waals surface area contributed by atoms with E-state index in [1.165, 1.54) is 0 Å². The Kier molecular flexibility index (Phi) is 5.44. The molecule has 4 rings (SSSR count). The molecule has 30 heavy (non-hydrogen) atoms. The minimum atomic E-state index is -0.585. The van der Waals surface area contributed by atoms with E-state index in [1.807, 2.05) is 61.5 Å². The highest BCUT2D eigenvalue weighted by Gasteiger charge is 2.43. The van der Waals surface area contributed by atoms with Gasteiger partial charge in [0.15, 0.2) is 5.78 Å². The monoisotopic (exact) mass is 403 g/mol. The zero-order valence-corrected chi connectivity index (χ0v) is 17.2. The minimum absolute atomic E-state index is 0.0157. The largest absolute Gasteiger partial charge is 0.462 e. The van der Waals surface area contributed by atoms with Gasteiger partial charge in [0, 0.05) is 18.4 Å². The van der Waals surface area contributed by atoms with Crippen molar-refractivity contribution in [2.75, 3.05) is 6.61 Å². The summed E-state index contributed by atoms with van der Waals surface area (Å²) >= 11 is 0. The fourth-order valence-electron chi connectivity index (χ4n) is 4.40. The quantitative estimate of drug-likeness (QED) is 0.773. The molecule has 0 unspecified atom stereocenters. The lowest BCUT2D eigenvalue weighted by molar-refractivity contribution is -0.139. The van der Waals surface area contributed by atoms with Gasteiger partial charge in [-0.25, -0.2) is 4.79 Å². The molecule has 0 amide bonds. The second-order valence-corrected chi connectivity index (χ2v) is 7.67. The van der Waals surface area contributed by atoms with E-state index in [2.05, 4.69) is 0 Å². The van der Waals surface area contributed by atoms with E-state index in [1.54, 1.807) is 6.92 Å². The molecule has 2 aromatic rings.